The van der Waals surface area contributed by atoms with Gasteiger partial charge in [0.05, 0.1) is 23.0 Å². The number of furan rings is 1. The number of halogens is 2. The van der Waals surface area contributed by atoms with Crippen molar-refractivity contribution in [3.05, 3.63) is 99.1 Å². The molecule has 0 radical (unpaired) electrons. The first-order valence-corrected chi connectivity index (χ1v) is 10.6. The lowest BCUT2D eigenvalue weighted by atomic mass is 10.0. The molecule has 1 aliphatic carbocycles. The summed E-state index contributed by atoms with van der Waals surface area (Å²) in [6.45, 7) is -0.00213. The molecular weight excluding hydrogens is 433 g/mol. The molecule has 5 rings (SSSR count). The topological polar surface area (TPSA) is 52.3 Å². The highest BCUT2D eigenvalue weighted by molar-refractivity contribution is 6.36. The van der Waals surface area contributed by atoms with Crippen LogP contribution in [0.15, 0.2) is 65.3 Å². The van der Waals surface area contributed by atoms with Crippen LogP contribution in [0, 0.1) is 0 Å². The number of para-hydroxylation sites is 1. The van der Waals surface area contributed by atoms with Gasteiger partial charge in [-0.3, -0.25) is 0 Å². The van der Waals surface area contributed by atoms with Crippen molar-refractivity contribution >= 4 is 51.7 Å². The quantitative estimate of drug-likeness (QED) is 0.315. The number of rotatable bonds is 4. The molecular formula is C25H17Cl2NO3. The number of hydrogen-bond donors (Lipinski definition) is 0. The zero-order valence-corrected chi connectivity index (χ0v) is 17.9. The maximum Gasteiger partial charge on any atom is 0.339 e. The second kappa shape index (κ2) is 8.22. The van der Waals surface area contributed by atoms with Crippen LogP contribution >= 0.6 is 23.2 Å². The molecule has 2 heterocycles. The van der Waals surface area contributed by atoms with E-state index in [9.17, 15) is 4.79 Å². The molecule has 0 aliphatic heterocycles. The van der Waals surface area contributed by atoms with Crippen molar-refractivity contribution in [3.8, 4) is 0 Å². The number of aromatic nitrogens is 1. The first kappa shape index (κ1) is 19.9. The van der Waals surface area contributed by atoms with Gasteiger partial charge in [0.25, 0.3) is 0 Å². The Bertz CT molecular complexity index is 1310. The lowest BCUT2D eigenvalue weighted by molar-refractivity contribution is 0.0474. The highest BCUT2D eigenvalue weighted by atomic mass is 35.5. The number of carbonyl (C=O) groups is 1. The summed E-state index contributed by atoms with van der Waals surface area (Å²) in [5.74, 6) is 0.348. The lowest BCUT2D eigenvalue weighted by Crippen LogP contribution is -2.11. The Morgan fingerprint density at radius 3 is 2.61 bits per heavy atom. The fraction of sp³-hybridized carbons (Fsp3) is 0.120. The summed E-state index contributed by atoms with van der Waals surface area (Å²) >= 11 is 12.5. The van der Waals surface area contributed by atoms with E-state index >= 15 is 0 Å². The van der Waals surface area contributed by atoms with E-state index in [1.54, 1.807) is 24.5 Å². The summed E-state index contributed by atoms with van der Waals surface area (Å²) in [7, 11) is 0. The van der Waals surface area contributed by atoms with Crippen LogP contribution in [-0.2, 0) is 17.8 Å². The van der Waals surface area contributed by atoms with Gasteiger partial charge >= 0.3 is 5.97 Å². The van der Waals surface area contributed by atoms with Gasteiger partial charge in [0.2, 0.25) is 0 Å². The monoisotopic (exact) mass is 449 g/mol. The third-order valence-corrected chi connectivity index (χ3v) is 6.12. The highest BCUT2D eigenvalue weighted by Gasteiger charge is 2.28. The molecule has 2 aromatic carbocycles. The summed E-state index contributed by atoms with van der Waals surface area (Å²) in [5.41, 5.74) is 4.64. The van der Waals surface area contributed by atoms with Crippen LogP contribution in [0.25, 0.3) is 22.6 Å². The number of benzene rings is 2. The fourth-order valence-corrected chi connectivity index (χ4v) is 4.44. The number of nitrogens with zero attached hydrogens (tertiary/aromatic N) is 1. The van der Waals surface area contributed by atoms with Crippen molar-refractivity contribution in [2.45, 2.75) is 19.4 Å². The third kappa shape index (κ3) is 3.73. The average molecular weight is 450 g/mol. The number of allylic oxidation sites excluding steroid dienone is 1. The second-order valence-electron chi connectivity index (χ2n) is 7.29. The van der Waals surface area contributed by atoms with Crippen molar-refractivity contribution < 1.29 is 13.9 Å². The zero-order valence-electron chi connectivity index (χ0n) is 16.4. The minimum absolute atomic E-state index is 0.00213. The van der Waals surface area contributed by atoms with Crippen LogP contribution in [0.2, 0.25) is 10.0 Å². The minimum atomic E-state index is -0.412. The molecule has 31 heavy (non-hydrogen) atoms. The van der Waals surface area contributed by atoms with Crippen LogP contribution in [0.1, 0.15) is 39.4 Å². The van der Waals surface area contributed by atoms with Gasteiger partial charge < -0.3 is 9.15 Å². The number of pyridine rings is 1. The smallest absolute Gasteiger partial charge is 0.339 e. The van der Waals surface area contributed by atoms with Gasteiger partial charge in [-0.05, 0) is 60.4 Å². The molecule has 4 aromatic rings. The Hall–Kier alpha value is -3.08. The molecule has 0 unspecified atom stereocenters. The van der Waals surface area contributed by atoms with Gasteiger partial charge in [0, 0.05) is 21.0 Å². The molecule has 0 saturated carbocycles. The van der Waals surface area contributed by atoms with Crippen LogP contribution in [0.3, 0.4) is 0 Å². The van der Waals surface area contributed by atoms with Gasteiger partial charge in [-0.25, -0.2) is 9.78 Å². The van der Waals surface area contributed by atoms with Crippen molar-refractivity contribution in [2.24, 2.45) is 0 Å². The largest absolute Gasteiger partial charge is 0.465 e. The van der Waals surface area contributed by atoms with E-state index < -0.39 is 5.97 Å². The van der Waals surface area contributed by atoms with E-state index in [0.717, 1.165) is 39.9 Å². The van der Waals surface area contributed by atoms with E-state index in [1.807, 2.05) is 42.5 Å². The third-order valence-electron chi connectivity index (χ3n) is 5.41. The first-order chi connectivity index (χ1) is 15.1. The molecule has 0 fully saturated rings. The minimum Gasteiger partial charge on any atom is -0.465 e. The summed E-state index contributed by atoms with van der Waals surface area (Å²) < 4.78 is 11.1. The second-order valence-corrected chi connectivity index (χ2v) is 8.11. The summed E-state index contributed by atoms with van der Waals surface area (Å²) in [5, 5.41) is 1.71. The van der Waals surface area contributed by atoms with Crippen LogP contribution in [0.5, 0.6) is 0 Å². The van der Waals surface area contributed by atoms with Gasteiger partial charge in [0.15, 0.2) is 0 Å². The van der Waals surface area contributed by atoms with Gasteiger partial charge in [-0.1, -0.05) is 47.5 Å². The predicted octanol–water partition coefficient (Wildman–Crippen LogP) is 6.98. The number of hydrogen-bond acceptors (Lipinski definition) is 4. The molecule has 154 valence electrons. The maximum absolute atomic E-state index is 13.3. The zero-order chi connectivity index (χ0) is 21.4. The molecule has 4 nitrogen and oxygen atoms in total. The normalized spacial score (nSPS) is 14.2. The molecule has 6 heteroatoms. The van der Waals surface area contributed by atoms with Gasteiger partial charge in [-0.15, -0.1) is 0 Å². The summed E-state index contributed by atoms with van der Waals surface area (Å²) in [4.78, 5) is 18.1. The Morgan fingerprint density at radius 1 is 1.03 bits per heavy atom. The molecule has 0 saturated heterocycles. The Morgan fingerprint density at radius 2 is 1.84 bits per heavy atom. The average Bonchev–Trinajstić information content (AvgIpc) is 3.42. The van der Waals surface area contributed by atoms with E-state index in [2.05, 4.69) is 0 Å². The SMILES string of the molecule is O=C(OCc1c(Cl)cccc1Cl)c1c2c(nc3ccccc13)C(=Cc1ccco1)CC2. The van der Waals surface area contributed by atoms with Crippen molar-refractivity contribution in [3.63, 3.8) is 0 Å². The van der Waals surface area contributed by atoms with Gasteiger partial charge in [-0.2, -0.15) is 0 Å². The van der Waals surface area contributed by atoms with E-state index in [0.29, 0.717) is 27.6 Å². The maximum atomic E-state index is 13.3. The van der Waals surface area contributed by atoms with Crippen molar-refractivity contribution in [2.75, 3.05) is 0 Å². The first-order valence-electron chi connectivity index (χ1n) is 9.88. The highest BCUT2D eigenvalue weighted by Crippen LogP contribution is 2.38. The fourth-order valence-electron chi connectivity index (χ4n) is 3.94. The number of carbonyl (C=O) groups excluding carboxylic acids is 1. The molecule has 1 aliphatic rings. The molecule has 2 aromatic heterocycles. The van der Waals surface area contributed by atoms with Crippen molar-refractivity contribution in [1.29, 1.82) is 0 Å². The number of ether oxygens (including phenoxy) is 1. The number of fused-ring (bicyclic) bond motifs is 2. The summed E-state index contributed by atoms with van der Waals surface area (Å²) in [6.07, 6.45) is 5.10. The van der Waals surface area contributed by atoms with Crippen LogP contribution in [0.4, 0.5) is 0 Å². The Labute approximate surface area is 189 Å². The van der Waals surface area contributed by atoms with E-state index in [4.69, 9.17) is 37.3 Å². The molecule has 0 amide bonds. The van der Waals surface area contributed by atoms with Crippen LogP contribution < -0.4 is 0 Å². The Balaban J connectivity index is 1.56. The molecule has 0 N–H and O–H groups in total. The molecule has 0 spiro atoms. The van der Waals surface area contributed by atoms with Gasteiger partial charge in [0.1, 0.15) is 12.4 Å². The number of esters is 1. The Kier molecular flexibility index (Phi) is 5.26. The molecule has 0 bridgehead atoms. The van der Waals surface area contributed by atoms with E-state index in [-0.39, 0.29) is 6.61 Å². The predicted molar refractivity (Wildman–Crippen MR) is 122 cm³/mol. The lowest BCUT2D eigenvalue weighted by Gasteiger charge is -2.13. The van der Waals surface area contributed by atoms with Crippen molar-refractivity contribution in [1.82, 2.24) is 4.98 Å². The standard InChI is InChI=1S/C25H17Cl2NO3/c26-20-7-3-8-21(27)19(20)14-31-25(29)23-17-6-1-2-9-22(17)28-24-15(10-11-18(23)24)13-16-5-4-12-30-16/h1-9,12-13H,10-11,14H2. The van der Waals surface area contributed by atoms with E-state index in [1.165, 1.54) is 0 Å². The van der Waals surface area contributed by atoms with Crippen LogP contribution in [-0.4, -0.2) is 11.0 Å². The molecule has 0 atom stereocenters. The summed E-state index contributed by atoms with van der Waals surface area (Å²) in [6, 6.07) is 16.6.